The number of ether oxygens (including phenoxy) is 1. The summed E-state index contributed by atoms with van der Waals surface area (Å²) in [6, 6.07) is 15.6. The molecule has 0 atom stereocenters. The SMILES string of the molecule is CC(C)(C)c1ccc2c(c1)C(=O)/C(=C/c1ccccc1)O2. The summed E-state index contributed by atoms with van der Waals surface area (Å²) in [4.78, 5) is 12.5. The number of hydrogen-bond acceptors (Lipinski definition) is 2. The Bertz CT molecular complexity index is 719. The molecule has 2 nitrogen and oxygen atoms in total. The molecule has 1 aliphatic rings. The number of allylic oxidation sites excluding steroid dienone is 1. The molecule has 0 fully saturated rings. The number of hydrogen-bond donors (Lipinski definition) is 0. The van der Waals surface area contributed by atoms with E-state index in [1.165, 1.54) is 0 Å². The number of carbonyl (C=O) groups excluding carboxylic acids is 1. The van der Waals surface area contributed by atoms with Crippen molar-refractivity contribution in [1.82, 2.24) is 0 Å². The fourth-order valence-electron chi connectivity index (χ4n) is 2.36. The molecule has 21 heavy (non-hydrogen) atoms. The molecule has 106 valence electrons. The summed E-state index contributed by atoms with van der Waals surface area (Å²) >= 11 is 0. The van der Waals surface area contributed by atoms with Crippen molar-refractivity contribution >= 4 is 11.9 Å². The number of Topliss-reactive ketones (excluding diaryl/α,β-unsaturated/α-hetero) is 1. The predicted molar refractivity (Wildman–Crippen MR) is 84.5 cm³/mol. The van der Waals surface area contributed by atoms with Gasteiger partial charge in [-0.05, 0) is 34.8 Å². The summed E-state index contributed by atoms with van der Waals surface area (Å²) in [5.41, 5.74) is 2.77. The molecule has 0 amide bonds. The quantitative estimate of drug-likeness (QED) is 0.713. The van der Waals surface area contributed by atoms with Crippen LogP contribution in [0, 0.1) is 0 Å². The molecule has 0 bridgehead atoms. The van der Waals surface area contributed by atoms with E-state index in [0.717, 1.165) is 11.1 Å². The van der Waals surface area contributed by atoms with Crippen LogP contribution in [0.3, 0.4) is 0 Å². The molecule has 0 unspecified atom stereocenters. The van der Waals surface area contributed by atoms with Gasteiger partial charge in [-0.25, -0.2) is 0 Å². The monoisotopic (exact) mass is 278 g/mol. The summed E-state index contributed by atoms with van der Waals surface area (Å²) in [5.74, 6) is 0.998. The van der Waals surface area contributed by atoms with Crippen molar-refractivity contribution in [2.24, 2.45) is 0 Å². The highest BCUT2D eigenvalue weighted by Crippen LogP contribution is 2.35. The average molecular weight is 278 g/mol. The lowest BCUT2D eigenvalue weighted by Gasteiger charge is -2.19. The van der Waals surface area contributed by atoms with Crippen LogP contribution in [0.1, 0.15) is 42.3 Å². The van der Waals surface area contributed by atoms with Crippen LogP contribution in [0.5, 0.6) is 5.75 Å². The van der Waals surface area contributed by atoms with Gasteiger partial charge in [0.15, 0.2) is 5.76 Å². The normalized spacial score (nSPS) is 16.0. The van der Waals surface area contributed by atoms with Crippen LogP contribution >= 0.6 is 0 Å². The van der Waals surface area contributed by atoms with E-state index in [1.54, 1.807) is 6.08 Å². The predicted octanol–water partition coefficient (Wildman–Crippen LogP) is 4.60. The van der Waals surface area contributed by atoms with Gasteiger partial charge in [-0.1, -0.05) is 57.2 Å². The number of ketones is 1. The van der Waals surface area contributed by atoms with Crippen LogP contribution in [-0.2, 0) is 5.41 Å². The molecule has 0 N–H and O–H groups in total. The maximum absolute atomic E-state index is 12.5. The van der Waals surface area contributed by atoms with E-state index < -0.39 is 0 Å². The standard InChI is InChI=1S/C19H18O2/c1-19(2,3)14-9-10-16-15(12-14)18(20)17(21-16)11-13-7-5-4-6-8-13/h4-12H,1-3H3/b17-11-. The van der Waals surface area contributed by atoms with Gasteiger partial charge in [0.1, 0.15) is 5.75 Å². The van der Waals surface area contributed by atoms with Crippen molar-refractivity contribution in [3.05, 3.63) is 71.0 Å². The molecule has 0 aliphatic carbocycles. The Morgan fingerprint density at radius 2 is 1.71 bits per heavy atom. The molecule has 3 rings (SSSR count). The minimum atomic E-state index is -0.0417. The van der Waals surface area contributed by atoms with Crippen LogP contribution in [0.15, 0.2) is 54.3 Å². The topological polar surface area (TPSA) is 26.3 Å². The Labute approximate surface area is 125 Å². The zero-order valence-corrected chi connectivity index (χ0v) is 12.5. The first-order valence-corrected chi connectivity index (χ1v) is 7.09. The van der Waals surface area contributed by atoms with Crippen LogP contribution in [0.4, 0.5) is 0 Å². The second kappa shape index (κ2) is 4.88. The van der Waals surface area contributed by atoms with Crippen molar-refractivity contribution in [3.63, 3.8) is 0 Å². The number of rotatable bonds is 1. The lowest BCUT2D eigenvalue weighted by molar-refractivity contribution is 0.101. The first kappa shape index (κ1) is 13.6. The molecule has 2 heteroatoms. The van der Waals surface area contributed by atoms with Crippen molar-refractivity contribution < 1.29 is 9.53 Å². The second-order valence-electron chi connectivity index (χ2n) is 6.31. The summed E-state index contributed by atoms with van der Waals surface area (Å²) in [5, 5.41) is 0. The van der Waals surface area contributed by atoms with E-state index >= 15 is 0 Å². The van der Waals surface area contributed by atoms with Crippen molar-refractivity contribution in [2.75, 3.05) is 0 Å². The number of fused-ring (bicyclic) bond motifs is 1. The molecule has 1 heterocycles. The van der Waals surface area contributed by atoms with Gasteiger partial charge in [-0.3, -0.25) is 4.79 Å². The van der Waals surface area contributed by atoms with Gasteiger partial charge in [0.25, 0.3) is 0 Å². The van der Waals surface area contributed by atoms with Crippen LogP contribution < -0.4 is 4.74 Å². The van der Waals surface area contributed by atoms with Crippen molar-refractivity contribution in [1.29, 1.82) is 0 Å². The lowest BCUT2D eigenvalue weighted by atomic mass is 9.86. The van der Waals surface area contributed by atoms with Crippen LogP contribution in [0.2, 0.25) is 0 Å². The van der Waals surface area contributed by atoms with E-state index in [4.69, 9.17) is 4.74 Å². The maximum Gasteiger partial charge on any atom is 0.231 e. The van der Waals surface area contributed by atoms with Gasteiger partial charge in [0.05, 0.1) is 5.56 Å². The van der Waals surface area contributed by atoms with Crippen LogP contribution in [-0.4, -0.2) is 5.78 Å². The molecule has 0 radical (unpaired) electrons. The van der Waals surface area contributed by atoms with Gasteiger partial charge in [-0.15, -0.1) is 0 Å². The number of carbonyl (C=O) groups is 1. The first-order valence-electron chi connectivity index (χ1n) is 7.09. The fourth-order valence-corrected chi connectivity index (χ4v) is 2.36. The molecular weight excluding hydrogens is 260 g/mol. The highest BCUT2D eigenvalue weighted by Gasteiger charge is 2.29. The Hall–Kier alpha value is -2.35. The molecule has 0 aromatic heterocycles. The fraction of sp³-hybridized carbons (Fsp3) is 0.211. The Balaban J connectivity index is 1.98. The van der Waals surface area contributed by atoms with Gasteiger partial charge < -0.3 is 4.74 Å². The first-order chi connectivity index (χ1) is 9.95. The maximum atomic E-state index is 12.5. The molecule has 1 aliphatic heterocycles. The minimum Gasteiger partial charge on any atom is -0.452 e. The van der Waals surface area contributed by atoms with E-state index in [2.05, 4.69) is 20.8 Å². The molecular formula is C19H18O2. The number of benzene rings is 2. The summed E-state index contributed by atoms with van der Waals surface area (Å²) in [7, 11) is 0. The summed E-state index contributed by atoms with van der Waals surface area (Å²) in [6.07, 6.45) is 1.79. The Morgan fingerprint density at radius 1 is 1.00 bits per heavy atom. The largest absolute Gasteiger partial charge is 0.452 e. The zero-order chi connectivity index (χ0) is 15.0. The second-order valence-corrected chi connectivity index (χ2v) is 6.31. The Kier molecular flexibility index (Phi) is 3.17. The third-order valence-corrected chi connectivity index (χ3v) is 3.63. The Morgan fingerprint density at radius 3 is 2.38 bits per heavy atom. The third kappa shape index (κ3) is 2.62. The highest BCUT2D eigenvalue weighted by molar-refractivity contribution is 6.14. The molecule has 2 aromatic rings. The molecule has 2 aromatic carbocycles. The van der Waals surface area contributed by atoms with Gasteiger partial charge in [0, 0.05) is 0 Å². The van der Waals surface area contributed by atoms with E-state index in [-0.39, 0.29) is 11.2 Å². The molecule has 0 saturated heterocycles. The van der Waals surface area contributed by atoms with E-state index in [0.29, 0.717) is 17.1 Å². The minimum absolute atomic E-state index is 0.0151. The zero-order valence-electron chi connectivity index (χ0n) is 12.5. The average Bonchev–Trinajstić information content (AvgIpc) is 2.75. The summed E-state index contributed by atoms with van der Waals surface area (Å²) in [6.45, 7) is 6.40. The molecule has 0 saturated carbocycles. The highest BCUT2D eigenvalue weighted by atomic mass is 16.5. The molecule has 0 spiro atoms. The smallest absolute Gasteiger partial charge is 0.231 e. The third-order valence-electron chi connectivity index (χ3n) is 3.63. The summed E-state index contributed by atoms with van der Waals surface area (Å²) < 4.78 is 5.70. The van der Waals surface area contributed by atoms with Crippen molar-refractivity contribution in [2.45, 2.75) is 26.2 Å². The lowest BCUT2D eigenvalue weighted by Crippen LogP contribution is -2.11. The van der Waals surface area contributed by atoms with Crippen molar-refractivity contribution in [3.8, 4) is 5.75 Å². The van der Waals surface area contributed by atoms with Gasteiger partial charge >= 0.3 is 0 Å². The van der Waals surface area contributed by atoms with Gasteiger partial charge in [-0.2, -0.15) is 0 Å². The van der Waals surface area contributed by atoms with Crippen LogP contribution in [0.25, 0.3) is 6.08 Å². The van der Waals surface area contributed by atoms with Gasteiger partial charge in [0.2, 0.25) is 5.78 Å². The van der Waals surface area contributed by atoms with E-state index in [1.807, 2.05) is 48.5 Å². The van der Waals surface area contributed by atoms with E-state index in [9.17, 15) is 4.79 Å².